The van der Waals surface area contributed by atoms with Crippen LogP contribution in [0.4, 0.5) is 4.79 Å². The Balaban J connectivity index is 1.69. The van der Waals surface area contributed by atoms with Gasteiger partial charge in [0, 0.05) is 6.54 Å². The van der Waals surface area contributed by atoms with Gasteiger partial charge >= 0.3 is 6.03 Å². The molecule has 1 aromatic heterocycles. The van der Waals surface area contributed by atoms with Crippen LogP contribution in [0.25, 0.3) is 0 Å². The number of rotatable bonds is 2. The van der Waals surface area contributed by atoms with E-state index in [1.54, 1.807) is 6.07 Å². The Morgan fingerprint density at radius 2 is 2.30 bits per heavy atom. The molecule has 2 bridgehead atoms. The second kappa shape index (κ2) is 4.64. The first-order valence-electron chi connectivity index (χ1n) is 6.30. The maximum absolute atomic E-state index is 11.8. The number of hydrogen-bond acceptors (Lipinski definition) is 5. The van der Waals surface area contributed by atoms with Crippen LogP contribution in [0, 0.1) is 5.41 Å². The van der Waals surface area contributed by atoms with Gasteiger partial charge in [-0.3, -0.25) is 15.4 Å². The molecule has 2 atom stereocenters. The average Bonchev–Trinajstić information content (AvgIpc) is 3.04. The van der Waals surface area contributed by atoms with Crippen molar-refractivity contribution in [3.05, 3.63) is 24.2 Å². The van der Waals surface area contributed by atoms with Crippen LogP contribution in [0.15, 0.2) is 22.8 Å². The van der Waals surface area contributed by atoms with Crippen molar-refractivity contribution >= 4 is 17.8 Å². The molecular weight excluding hydrogens is 264 g/mol. The monoisotopic (exact) mass is 278 g/mol. The molecule has 106 valence electrons. The molecule has 3 heterocycles. The van der Waals surface area contributed by atoms with Gasteiger partial charge in [0.25, 0.3) is 5.91 Å². The first kappa shape index (κ1) is 12.7. The topological polar surface area (TPSA) is 110 Å². The van der Waals surface area contributed by atoms with Gasteiger partial charge in [-0.05, 0) is 25.0 Å². The van der Waals surface area contributed by atoms with Gasteiger partial charge in [-0.15, -0.1) is 0 Å². The number of amidine groups is 1. The first-order valence-corrected chi connectivity index (χ1v) is 6.30. The molecule has 0 aliphatic carbocycles. The summed E-state index contributed by atoms with van der Waals surface area (Å²) in [7, 11) is 0. The number of nitrogens with zero attached hydrogens (tertiary/aromatic N) is 2. The predicted molar refractivity (Wildman–Crippen MR) is 66.4 cm³/mol. The van der Waals surface area contributed by atoms with Crippen LogP contribution in [0.3, 0.4) is 0 Å². The number of furan rings is 1. The van der Waals surface area contributed by atoms with Gasteiger partial charge in [0.05, 0.1) is 18.3 Å². The van der Waals surface area contributed by atoms with Crippen LogP contribution in [-0.4, -0.2) is 51.6 Å². The number of nitrogens with one attached hydrogen (secondary N) is 2. The van der Waals surface area contributed by atoms with E-state index in [0.29, 0.717) is 24.4 Å². The van der Waals surface area contributed by atoms with Gasteiger partial charge < -0.3 is 14.6 Å². The highest BCUT2D eigenvalue weighted by Gasteiger charge is 2.45. The zero-order valence-electron chi connectivity index (χ0n) is 10.6. The third kappa shape index (κ3) is 1.94. The van der Waals surface area contributed by atoms with Crippen LogP contribution < -0.4 is 5.32 Å². The van der Waals surface area contributed by atoms with E-state index in [0.717, 1.165) is 0 Å². The lowest BCUT2D eigenvalue weighted by atomic mass is 10.00. The van der Waals surface area contributed by atoms with Crippen molar-refractivity contribution < 1.29 is 19.2 Å². The van der Waals surface area contributed by atoms with Crippen LogP contribution >= 0.6 is 0 Å². The van der Waals surface area contributed by atoms with E-state index in [1.165, 1.54) is 17.2 Å². The van der Waals surface area contributed by atoms with E-state index in [1.807, 2.05) is 0 Å². The molecule has 3 amide bonds. The maximum atomic E-state index is 11.8. The number of hydroxylamine groups is 2. The van der Waals surface area contributed by atoms with Crippen molar-refractivity contribution in [3.63, 3.8) is 0 Å². The van der Waals surface area contributed by atoms with E-state index < -0.39 is 18.0 Å². The van der Waals surface area contributed by atoms with Gasteiger partial charge in [-0.25, -0.2) is 9.86 Å². The third-order valence-corrected chi connectivity index (χ3v) is 3.67. The first-order chi connectivity index (χ1) is 9.58. The second-order valence-corrected chi connectivity index (χ2v) is 4.87. The number of fused-ring (bicyclic) bond motifs is 2. The van der Waals surface area contributed by atoms with Crippen LogP contribution in [-0.2, 0) is 0 Å². The van der Waals surface area contributed by atoms with Gasteiger partial charge in [-0.2, -0.15) is 0 Å². The highest BCUT2D eigenvalue weighted by atomic mass is 16.5. The number of urea groups is 1. The Hall–Kier alpha value is -2.35. The molecule has 0 spiro atoms. The van der Waals surface area contributed by atoms with Crippen molar-refractivity contribution in [1.82, 2.24) is 15.3 Å². The van der Waals surface area contributed by atoms with Crippen LogP contribution in [0.1, 0.15) is 23.4 Å². The molecule has 2 fully saturated rings. The highest BCUT2D eigenvalue weighted by molar-refractivity contribution is 6.06. The molecule has 0 saturated carbocycles. The summed E-state index contributed by atoms with van der Waals surface area (Å²) >= 11 is 0. The van der Waals surface area contributed by atoms with Gasteiger partial charge in [0.15, 0.2) is 5.76 Å². The van der Waals surface area contributed by atoms with Crippen molar-refractivity contribution in [1.29, 1.82) is 5.41 Å². The molecule has 3 rings (SSSR count). The van der Waals surface area contributed by atoms with Gasteiger partial charge in [0.2, 0.25) is 0 Å². The minimum Gasteiger partial charge on any atom is -0.459 e. The number of amides is 3. The molecule has 2 aliphatic heterocycles. The fourth-order valence-electron chi connectivity index (χ4n) is 2.63. The van der Waals surface area contributed by atoms with Gasteiger partial charge in [-0.1, -0.05) is 0 Å². The summed E-state index contributed by atoms with van der Waals surface area (Å²) in [5.41, 5.74) is 0. The Kier molecular flexibility index (Phi) is 2.94. The Morgan fingerprint density at radius 1 is 1.50 bits per heavy atom. The quantitative estimate of drug-likeness (QED) is 0.419. The number of carbonyl (C=O) groups is 2. The maximum Gasteiger partial charge on any atom is 0.344 e. The number of hydrogen-bond donors (Lipinski definition) is 3. The van der Waals surface area contributed by atoms with Crippen molar-refractivity contribution in [2.24, 2.45) is 0 Å². The summed E-state index contributed by atoms with van der Waals surface area (Å²) in [6, 6.07) is 1.82. The molecule has 0 unspecified atom stereocenters. The van der Waals surface area contributed by atoms with Crippen LogP contribution in [0.5, 0.6) is 0 Å². The highest BCUT2D eigenvalue weighted by Crippen LogP contribution is 2.28. The molecule has 8 heteroatoms. The van der Waals surface area contributed by atoms with E-state index in [-0.39, 0.29) is 17.6 Å². The molecule has 1 aromatic rings. The summed E-state index contributed by atoms with van der Waals surface area (Å²) < 4.78 is 4.95. The summed E-state index contributed by atoms with van der Waals surface area (Å²) in [5.74, 6) is -0.469. The molecular formula is C12H14N4O4. The zero-order valence-corrected chi connectivity index (χ0v) is 10.6. The Bertz CT molecular complexity index is 556. The minimum atomic E-state index is -0.519. The number of carbonyl (C=O) groups excluding carboxylic acids is 2. The van der Waals surface area contributed by atoms with Crippen molar-refractivity contribution in [3.8, 4) is 0 Å². The van der Waals surface area contributed by atoms with E-state index >= 15 is 0 Å². The lowest BCUT2D eigenvalue weighted by molar-refractivity contribution is -0.0583. The van der Waals surface area contributed by atoms with E-state index in [9.17, 15) is 14.8 Å². The van der Waals surface area contributed by atoms with Crippen molar-refractivity contribution in [2.45, 2.75) is 24.9 Å². The summed E-state index contributed by atoms with van der Waals surface area (Å²) in [6.45, 7) is 0.374. The number of piperidine rings is 1. The molecule has 0 aromatic carbocycles. The van der Waals surface area contributed by atoms with Crippen LogP contribution in [0.2, 0.25) is 0 Å². The molecule has 8 nitrogen and oxygen atoms in total. The average molecular weight is 278 g/mol. The zero-order chi connectivity index (χ0) is 14.3. The van der Waals surface area contributed by atoms with Gasteiger partial charge in [0.1, 0.15) is 5.84 Å². The second-order valence-electron chi connectivity index (χ2n) is 4.87. The van der Waals surface area contributed by atoms with Crippen molar-refractivity contribution in [2.75, 3.05) is 6.54 Å². The lowest BCUT2D eigenvalue weighted by Gasteiger charge is -2.30. The predicted octanol–water partition coefficient (Wildman–Crippen LogP) is 0.644. The molecule has 20 heavy (non-hydrogen) atoms. The van der Waals surface area contributed by atoms with E-state index in [2.05, 4.69) is 5.32 Å². The third-order valence-electron chi connectivity index (χ3n) is 3.67. The SMILES string of the molecule is N=C(NC(=O)c1ccco1)[C@@H]1CC[C@@H]2CN1C(=O)N2O. The van der Waals surface area contributed by atoms with E-state index in [4.69, 9.17) is 9.83 Å². The largest absolute Gasteiger partial charge is 0.459 e. The summed E-state index contributed by atoms with van der Waals surface area (Å²) in [4.78, 5) is 25.0. The summed E-state index contributed by atoms with van der Waals surface area (Å²) in [6.07, 6.45) is 2.50. The smallest absolute Gasteiger partial charge is 0.344 e. The Labute approximate surface area is 114 Å². The summed E-state index contributed by atoms with van der Waals surface area (Å²) in [5, 5.41) is 20.7. The normalized spacial score (nSPS) is 24.9. The fraction of sp³-hybridized carbons (Fsp3) is 0.417. The fourth-order valence-corrected chi connectivity index (χ4v) is 2.63. The molecule has 3 N–H and O–H groups in total. The minimum absolute atomic E-state index is 0.0616. The molecule has 0 radical (unpaired) electrons. The molecule has 2 saturated heterocycles. The standard InChI is InChI=1S/C12H14N4O4/c13-10(14-11(17)9-2-1-5-20-9)8-4-3-7-6-15(8)12(18)16(7)19/h1-2,5,7-8,19H,3-4,6H2,(H2,13,14,17)/t7-,8+/m1/s1. The Morgan fingerprint density at radius 3 is 3.00 bits per heavy atom. The lowest BCUT2D eigenvalue weighted by Crippen LogP contribution is -2.50. The molecule has 2 aliphatic rings.